The van der Waals surface area contributed by atoms with Crippen molar-refractivity contribution in [1.29, 1.82) is 0 Å². The van der Waals surface area contributed by atoms with Crippen molar-refractivity contribution in [2.24, 2.45) is 10.9 Å². The molecule has 8 nitrogen and oxygen atoms in total. The van der Waals surface area contributed by atoms with Gasteiger partial charge >= 0.3 is 6.03 Å². The quantitative estimate of drug-likeness (QED) is 0.710. The van der Waals surface area contributed by atoms with Crippen molar-refractivity contribution in [1.82, 2.24) is 15.1 Å². The second-order valence-corrected chi connectivity index (χ2v) is 8.30. The summed E-state index contributed by atoms with van der Waals surface area (Å²) in [6, 6.07) is 8.14. The number of hydrogen-bond donors (Lipinski definition) is 2. The fraction of sp³-hybridized carbons (Fsp3) is 0.526. The monoisotopic (exact) mass is 406 g/mol. The van der Waals surface area contributed by atoms with Crippen LogP contribution in [0, 0.1) is 5.92 Å². The Kier molecular flexibility index (Phi) is 6.46. The van der Waals surface area contributed by atoms with Crippen LogP contribution in [0.1, 0.15) is 13.8 Å². The van der Waals surface area contributed by atoms with Gasteiger partial charge in [0.15, 0.2) is 17.4 Å². The predicted octanol–water partition coefficient (Wildman–Crippen LogP) is 1.36. The first kappa shape index (κ1) is 20.5. The number of aliphatic hydroxyl groups excluding tert-OH is 1. The Morgan fingerprint density at radius 1 is 1.29 bits per heavy atom. The Bertz CT molecular complexity index is 743. The van der Waals surface area contributed by atoms with Crippen molar-refractivity contribution in [2.45, 2.75) is 32.2 Å². The van der Waals surface area contributed by atoms with Crippen LogP contribution in [0.3, 0.4) is 0 Å². The fourth-order valence-electron chi connectivity index (χ4n) is 3.04. The van der Waals surface area contributed by atoms with Crippen molar-refractivity contribution in [3.05, 3.63) is 30.3 Å². The van der Waals surface area contributed by atoms with Gasteiger partial charge in [-0.25, -0.2) is 9.79 Å². The third kappa shape index (κ3) is 4.59. The van der Waals surface area contributed by atoms with Gasteiger partial charge in [-0.15, -0.1) is 0 Å². The van der Waals surface area contributed by atoms with Crippen LogP contribution in [0.15, 0.2) is 35.3 Å². The number of amides is 3. The summed E-state index contributed by atoms with van der Waals surface area (Å²) >= 11 is 1.53. The fourth-order valence-corrected chi connectivity index (χ4v) is 4.06. The minimum atomic E-state index is -0.820. The topological polar surface area (TPSA) is 94.5 Å². The number of likely N-dealkylation sites (N-methyl/N-ethyl adjacent to an activating group) is 1. The van der Waals surface area contributed by atoms with Crippen molar-refractivity contribution >= 4 is 28.9 Å². The van der Waals surface area contributed by atoms with Gasteiger partial charge < -0.3 is 19.6 Å². The number of carbonyl (C=O) groups excluding carboxylic acids is 2. The largest absolute Gasteiger partial charge is 0.491 e. The lowest BCUT2D eigenvalue weighted by molar-refractivity contribution is -0.127. The number of para-hydroxylation sites is 1. The standard InChI is InChI=1S/C19H26N4O4S/c1-12(2)11-28-19-20-16-15(17(25)21-18(26)22(16)3)23(19)9-13(24)10-27-14-7-5-4-6-8-14/h4-8,12-13,15-16,24H,9-11H2,1-3H3,(H,21,25,26). The second kappa shape index (κ2) is 8.83. The average molecular weight is 407 g/mol. The molecule has 0 spiro atoms. The first-order valence-electron chi connectivity index (χ1n) is 9.27. The molecule has 28 heavy (non-hydrogen) atoms. The zero-order valence-electron chi connectivity index (χ0n) is 16.2. The molecule has 2 aliphatic rings. The summed E-state index contributed by atoms with van der Waals surface area (Å²) in [5, 5.41) is 13.5. The van der Waals surface area contributed by atoms with E-state index in [-0.39, 0.29) is 13.2 Å². The summed E-state index contributed by atoms with van der Waals surface area (Å²) < 4.78 is 5.62. The molecule has 2 aliphatic heterocycles. The molecule has 0 saturated carbocycles. The van der Waals surface area contributed by atoms with Gasteiger partial charge in [-0.1, -0.05) is 43.8 Å². The Labute approximate surface area is 168 Å². The Morgan fingerprint density at radius 3 is 2.68 bits per heavy atom. The van der Waals surface area contributed by atoms with Crippen LogP contribution in [-0.2, 0) is 4.79 Å². The maximum Gasteiger partial charge on any atom is 0.325 e. The number of imide groups is 1. The number of benzene rings is 1. The highest BCUT2D eigenvalue weighted by Crippen LogP contribution is 2.29. The number of aliphatic hydroxyl groups is 1. The van der Waals surface area contributed by atoms with Gasteiger partial charge in [0.25, 0.3) is 5.91 Å². The van der Waals surface area contributed by atoms with Crippen LogP contribution < -0.4 is 10.1 Å². The van der Waals surface area contributed by atoms with Gasteiger partial charge in [0, 0.05) is 12.8 Å². The lowest BCUT2D eigenvalue weighted by atomic mass is 10.1. The lowest BCUT2D eigenvalue weighted by Crippen LogP contribution is -2.64. The summed E-state index contributed by atoms with van der Waals surface area (Å²) in [7, 11) is 1.62. The minimum absolute atomic E-state index is 0.0937. The third-order valence-electron chi connectivity index (χ3n) is 4.46. The number of nitrogens with one attached hydrogen (secondary N) is 1. The van der Waals surface area contributed by atoms with Gasteiger partial charge in [0.2, 0.25) is 0 Å². The number of nitrogens with zero attached hydrogens (tertiary/aromatic N) is 3. The maximum atomic E-state index is 12.5. The molecule has 2 N–H and O–H groups in total. The number of fused-ring (bicyclic) bond motifs is 1. The zero-order chi connectivity index (χ0) is 20.3. The van der Waals surface area contributed by atoms with Crippen LogP contribution in [0.25, 0.3) is 0 Å². The molecule has 0 bridgehead atoms. The number of aliphatic imine (C=N–C) groups is 1. The molecule has 1 saturated heterocycles. The number of thioether (sulfide) groups is 1. The van der Waals surface area contributed by atoms with Gasteiger partial charge in [-0.3, -0.25) is 10.1 Å². The molecule has 2 heterocycles. The van der Waals surface area contributed by atoms with E-state index in [0.29, 0.717) is 16.8 Å². The number of hydrogen-bond acceptors (Lipinski definition) is 7. The van der Waals surface area contributed by atoms with E-state index in [1.807, 2.05) is 30.3 Å². The number of ether oxygens (including phenoxy) is 1. The molecule has 3 amide bonds. The molecule has 0 aliphatic carbocycles. The zero-order valence-corrected chi connectivity index (χ0v) is 17.1. The summed E-state index contributed by atoms with van der Waals surface area (Å²) in [6.45, 7) is 4.49. The molecule has 3 rings (SSSR count). The van der Waals surface area contributed by atoms with Crippen LogP contribution in [0.4, 0.5) is 4.79 Å². The smallest absolute Gasteiger partial charge is 0.325 e. The van der Waals surface area contributed by atoms with Crippen LogP contribution in [0.2, 0.25) is 0 Å². The highest BCUT2D eigenvalue weighted by Gasteiger charge is 2.48. The first-order chi connectivity index (χ1) is 13.4. The van der Waals surface area contributed by atoms with Gasteiger partial charge in [-0.2, -0.15) is 0 Å². The number of carbonyl (C=O) groups is 2. The second-order valence-electron chi connectivity index (χ2n) is 7.31. The van der Waals surface area contributed by atoms with Crippen molar-refractivity contribution in [3.8, 4) is 5.75 Å². The number of urea groups is 1. The summed E-state index contributed by atoms with van der Waals surface area (Å²) in [4.78, 5) is 32.3. The molecule has 3 atom stereocenters. The van der Waals surface area contributed by atoms with Crippen molar-refractivity contribution in [2.75, 3.05) is 26.0 Å². The molecule has 1 aromatic carbocycles. The molecule has 152 valence electrons. The van der Waals surface area contributed by atoms with E-state index >= 15 is 0 Å². The van der Waals surface area contributed by atoms with E-state index in [4.69, 9.17) is 4.74 Å². The average Bonchev–Trinajstić information content (AvgIpc) is 3.02. The van der Waals surface area contributed by atoms with E-state index in [2.05, 4.69) is 24.2 Å². The van der Waals surface area contributed by atoms with Crippen molar-refractivity contribution < 1.29 is 19.4 Å². The Morgan fingerprint density at radius 2 is 2.00 bits per heavy atom. The normalized spacial score (nSPS) is 22.8. The van der Waals surface area contributed by atoms with Crippen LogP contribution in [0.5, 0.6) is 5.75 Å². The van der Waals surface area contributed by atoms with E-state index in [9.17, 15) is 14.7 Å². The number of amidine groups is 1. The van der Waals surface area contributed by atoms with E-state index in [1.165, 1.54) is 16.7 Å². The van der Waals surface area contributed by atoms with Gasteiger partial charge in [0.1, 0.15) is 18.5 Å². The molecular weight excluding hydrogens is 380 g/mol. The summed E-state index contributed by atoms with van der Waals surface area (Å²) in [5.74, 6) is 1.54. The number of rotatable bonds is 7. The molecule has 0 aromatic heterocycles. The summed E-state index contributed by atoms with van der Waals surface area (Å²) in [5.41, 5.74) is 0. The van der Waals surface area contributed by atoms with E-state index < -0.39 is 30.2 Å². The molecule has 1 aromatic rings. The van der Waals surface area contributed by atoms with Gasteiger partial charge in [-0.05, 0) is 18.1 Å². The maximum absolute atomic E-state index is 12.5. The van der Waals surface area contributed by atoms with Crippen LogP contribution >= 0.6 is 11.8 Å². The highest BCUT2D eigenvalue weighted by atomic mass is 32.2. The Balaban J connectivity index is 1.70. The molecule has 9 heteroatoms. The molecule has 0 radical (unpaired) electrons. The van der Waals surface area contributed by atoms with Crippen LogP contribution in [-0.4, -0.2) is 76.3 Å². The first-order valence-corrected chi connectivity index (χ1v) is 10.3. The third-order valence-corrected chi connectivity index (χ3v) is 5.89. The minimum Gasteiger partial charge on any atom is -0.491 e. The molecule has 1 fully saturated rings. The molecule has 3 unspecified atom stereocenters. The molecular formula is C19H26N4O4S. The predicted molar refractivity (Wildman–Crippen MR) is 108 cm³/mol. The van der Waals surface area contributed by atoms with Gasteiger partial charge in [0.05, 0.1) is 6.54 Å². The SMILES string of the molecule is CC(C)CSC1=NC2C(C(=O)NC(=O)N2C)N1CC(O)COc1ccccc1. The number of β-amino-alcohol motifs (C(OH)–C–C–N with tert-alkyl or cyclic N) is 1. The highest BCUT2D eigenvalue weighted by molar-refractivity contribution is 8.13. The van der Waals surface area contributed by atoms with E-state index in [0.717, 1.165) is 5.75 Å². The summed E-state index contributed by atoms with van der Waals surface area (Å²) in [6.07, 6.45) is -1.40. The Hall–Kier alpha value is -2.26. The van der Waals surface area contributed by atoms with Crippen molar-refractivity contribution in [3.63, 3.8) is 0 Å². The van der Waals surface area contributed by atoms with E-state index in [1.54, 1.807) is 11.9 Å². The lowest BCUT2D eigenvalue weighted by Gasteiger charge is -2.36.